The number of benzene rings is 4. The number of anilines is 3. The molecule has 0 spiro atoms. The van der Waals surface area contributed by atoms with Crippen LogP contribution in [0.15, 0.2) is 120 Å². The molecule has 3 amide bonds. The summed E-state index contributed by atoms with van der Waals surface area (Å²) in [6, 6.07) is 31.4. The zero-order chi connectivity index (χ0) is 31.1. The number of nitrogens with zero attached hydrogens (tertiary/aromatic N) is 1. The van der Waals surface area contributed by atoms with E-state index in [9.17, 15) is 14.4 Å². The van der Waals surface area contributed by atoms with Gasteiger partial charge in [-0.15, -0.1) is 11.8 Å². The van der Waals surface area contributed by atoms with Crippen LogP contribution < -0.4 is 20.9 Å². The highest BCUT2D eigenvalue weighted by molar-refractivity contribution is 8.00. The summed E-state index contributed by atoms with van der Waals surface area (Å²) in [6.07, 6.45) is 3.50. The fourth-order valence-corrected chi connectivity index (χ4v) is 5.38. The molecule has 5 rings (SSSR count). The summed E-state index contributed by atoms with van der Waals surface area (Å²) in [4.78, 5) is 45.4. The van der Waals surface area contributed by atoms with E-state index in [4.69, 9.17) is 0 Å². The van der Waals surface area contributed by atoms with Crippen LogP contribution in [0.2, 0.25) is 0 Å². The zero-order valence-electron chi connectivity index (χ0n) is 24.6. The summed E-state index contributed by atoms with van der Waals surface area (Å²) in [5, 5.41) is 9.32. The first-order chi connectivity index (χ1) is 21.2. The fraction of sp³-hybridized carbons (Fsp3) is 0.114. The molecule has 0 bridgehead atoms. The lowest BCUT2D eigenvalue weighted by Crippen LogP contribution is -2.30. The lowest BCUT2D eigenvalue weighted by atomic mass is 10.1. The normalized spacial score (nSPS) is 11.9. The standard InChI is InChI=1S/C35H33N5O3S/c1-23(33(41)37-28-15-14-25-18-19-36-31(25)22-28)44-30-11-7-10-27(21-30)38-35(43)32(39-34(42)26-8-5-4-6-9-26)20-24-12-16-29(17-13-24)40(2)3/h4-23,36H,1-3H3,(H,37,41)(H,38,43)(H,39,42)/b32-20+. The Morgan fingerprint density at radius 2 is 1.57 bits per heavy atom. The number of nitrogens with one attached hydrogen (secondary N) is 4. The van der Waals surface area contributed by atoms with Gasteiger partial charge < -0.3 is 25.8 Å². The summed E-state index contributed by atoms with van der Waals surface area (Å²) in [6.45, 7) is 1.83. The average Bonchev–Trinajstić information content (AvgIpc) is 3.49. The Morgan fingerprint density at radius 3 is 2.32 bits per heavy atom. The maximum Gasteiger partial charge on any atom is 0.272 e. The van der Waals surface area contributed by atoms with Gasteiger partial charge in [0.05, 0.1) is 5.25 Å². The molecule has 0 saturated heterocycles. The monoisotopic (exact) mass is 603 g/mol. The van der Waals surface area contributed by atoms with E-state index in [1.807, 2.05) is 98.8 Å². The van der Waals surface area contributed by atoms with Gasteiger partial charge in [0.2, 0.25) is 5.91 Å². The van der Waals surface area contributed by atoms with Gasteiger partial charge in [0.15, 0.2) is 0 Å². The highest BCUT2D eigenvalue weighted by atomic mass is 32.2. The maximum absolute atomic E-state index is 13.5. The summed E-state index contributed by atoms with van der Waals surface area (Å²) in [5.74, 6) is -1.00. The topological polar surface area (TPSA) is 106 Å². The molecule has 1 atom stereocenters. The Bertz CT molecular complexity index is 1810. The largest absolute Gasteiger partial charge is 0.378 e. The van der Waals surface area contributed by atoms with E-state index in [2.05, 4.69) is 20.9 Å². The number of carbonyl (C=O) groups is 3. The number of H-pyrrole nitrogens is 1. The van der Waals surface area contributed by atoms with Crippen LogP contribution in [0.1, 0.15) is 22.8 Å². The first-order valence-electron chi connectivity index (χ1n) is 14.1. The molecule has 44 heavy (non-hydrogen) atoms. The third kappa shape index (κ3) is 7.76. The van der Waals surface area contributed by atoms with E-state index in [0.717, 1.165) is 27.0 Å². The van der Waals surface area contributed by atoms with Crippen molar-refractivity contribution in [3.05, 3.63) is 126 Å². The second kappa shape index (κ2) is 13.8. The van der Waals surface area contributed by atoms with Gasteiger partial charge in [-0.2, -0.15) is 0 Å². The summed E-state index contributed by atoms with van der Waals surface area (Å²) >= 11 is 1.38. The van der Waals surface area contributed by atoms with Gasteiger partial charge in [0.1, 0.15) is 5.70 Å². The minimum atomic E-state index is -0.474. The molecule has 0 aliphatic carbocycles. The van der Waals surface area contributed by atoms with Crippen LogP contribution >= 0.6 is 11.8 Å². The van der Waals surface area contributed by atoms with Crippen molar-refractivity contribution in [2.75, 3.05) is 29.6 Å². The smallest absolute Gasteiger partial charge is 0.272 e. The van der Waals surface area contributed by atoms with Crippen molar-refractivity contribution < 1.29 is 14.4 Å². The van der Waals surface area contributed by atoms with Crippen LogP contribution in [0.4, 0.5) is 17.1 Å². The number of aromatic nitrogens is 1. The third-order valence-corrected chi connectivity index (χ3v) is 7.94. The lowest BCUT2D eigenvalue weighted by Gasteiger charge is -2.15. The number of aromatic amines is 1. The van der Waals surface area contributed by atoms with Crippen LogP contribution in [-0.4, -0.2) is 42.1 Å². The molecule has 4 aromatic carbocycles. The zero-order valence-corrected chi connectivity index (χ0v) is 25.4. The Hall–Kier alpha value is -5.28. The first-order valence-corrected chi connectivity index (χ1v) is 14.9. The fourth-order valence-electron chi connectivity index (χ4n) is 4.45. The molecule has 1 heterocycles. The summed E-state index contributed by atoms with van der Waals surface area (Å²) in [7, 11) is 3.90. The van der Waals surface area contributed by atoms with Crippen molar-refractivity contribution in [2.24, 2.45) is 0 Å². The molecule has 5 aromatic rings. The van der Waals surface area contributed by atoms with Gasteiger partial charge in [0.25, 0.3) is 11.8 Å². The van der Waals surface area contributed by atoms with Crippen molar-refractivity contribution in [2.45, 2.75) is 17.1 Å². The van der Waals surface area contributed by atoms with Crippen LogP contribution in [-0.2, 0) is 9.59 Å². The molecule has 9 heteroatoms. The third-order valence-electron chi connectivity index (χ3n) is 6.85. The number of carbonyl (C=O) groups excluding carboxylic acids is 3. The molecule has 1 aromatic heterocycles. The van der Waals surface area contributed by atoms with Crippen LogP contribution in [0, 0.1) is 0 Å². The van der Waals surface area contributed by atoms with Crippen molar-refractivity contribution in [1.29, 1.82) is 0 Å². The number of fused-ring (bicyclic) bond motifs is 1. The Labute approximate surface area is 260 Å². The number of amides is 3. The second-order valence-electron chi connectivity index (χ2n) is 10.4. The molecule has 0 aliphatic rings. The molecular formula is C35H33N5O3S. The van der Waals surface area contributed by atoms with Crippen molar-refractivity contribution in [3.63, 3.8) is 0 Å². The minimum Gasteiger partial charge on any atom is -0.378 e. The molecule has 0 fully saturated rings. The highest BCUT2D eigenvalue weighted by Gasteiger charge is 2.18. The number of thioether (sulfide) groups is 1. The predicted octanol–water partition coefficient (Wildman–Crippen LogP) is 6.76. The molecule has 8 nitrogen and oxygen atoms in total. The SMILES string of the molecule is CC(Sc1cccc(NC(=O)/C(=C\c2ccc(N(C)C)cc2)NC(=O)c2ccccc2)c1)C(=O)Nc1ccc2cc[nH]c2c1. The Kier molecular flexibility index (Phi) is 9.46. The number of hydrogen-bond donors (Lipinski definition) is 4. The number of rotatable bonds is 10. The lowest BCUT2D eigenvalue weighted by molar-refractivity contribution is -0.115. The second-order valence-corrected chi connectivity index (χ2v) is 11.8. The molecule has 0 aliphatic heterocycles. The van der Waals surface area contributed by atoms with E-state index in [0.29, 0.717) is 16.9 Å². The van der Waals surface area contributed by atoms with Gasteiger partial charge in [-0.25, -0.2) is 0 Å². The molecule has 0 radical (unpaired) electrons. The minimum absolute atomic E-state index is 0.0984. The quantitative estimate of drug-likeness (QED) is 0.104. The van der Waals surface area contributed by atoms with Gasteiger partial charge >= 0.3 is 0 Å². The van der Waals surface area contributed by atoms with Gasteiger partial charge in [-0.05, 0) is 84.6 Å². The molecular weight excluding hydrogens is 570 g/mol. The van der Waals surface area contributed by atoms with Gasteiger partial charge in [-0.3, -0.25) is 14.4 Å². The maximum atomic E-state index is 13.5. The Balaban J connectivity index is 1.29. The van der Waals surface area contributed by atoms with E-state index < -0.39 is 17.1 Å². The number of hydrogen-bond acceptors (Lipinski definition) is 5. The van der Waals surface area contributed by atoms with E-state index >= 15 is 0 Å². The van der Waals surface area contributed by atoms with Crippen molar-refractivity contribution >= 4 is 63.5 Å². The molecule has 0 saturated carbocycles. The van der Waals surface area contributed by atoms with Crippen molar-refractivity contribution in [1.82, 2.24) is 10.3 Å². The van der Waals surface area contributed by atoms with Crippen LogP contribution in [0.25, 0.3) is 17.0 Å². The molecule has 222 valence electrons. The van der Waals surface area contributed by atoms with Crippen LogP contribution in [0.5, 0.6) is 0 Å². The summed E-state index contributed by atoms with van der Waals surface area (Å²) in [5.41, 5.74) is 4.51. The van der Waals surface area contributed by atoms with E-state index in [1.54, 1.807) is 42.5 Å². The Morgan fingerprint density at radius 1 is 0.818 bits per heavy atom. The first kappa shape index (κ1) is 30.2. The van der Waals surface area contributed by atoms with E-state index in [1.165, 1.54) is 11.8 Å². The predicted molar refractivity (Wildman–Crippen MR) is 180 cm³/mol. The molecule has 1 unspecified atom stereocenters. The highest BCUT2D eigenvalue weighted by Crippen LogP contribution is 2.27. The molecule has 4 N–H and O–H groups in total. The summed E-state index contributed by atoms with van der Waals surface area (Å²) < 4.78 is 0. The van der Waals surface area contributed by atoms with Gasteiger partial charge in [-0.1, -0.05) is 42.5 Å². The average molecular weight is 604 g/mol. The van der Waals surface area contributed by atoms with E-state index in [-0.39, 0.29) is 11.6 Å². The van der Waals surface area contributed by atoms with Gasteiger partial charge in [0, 0.05) is 53.3 Å². The van der Waals surface area contributed by atoms with Crippen LogP contribution in [0.3, 0.4) is 0 Å². The van der Waals surface area contributed by atoms with Crippen molar-refractivity contribution in [3.8, 4) is 0 Å².